The second-order valence-corrected chi connectivity index (χ2v) is 6.57. The van der Waals surface area contributed by atoms with E-state index in [4.69, 9.17) is 5.84 Å². The molecule has 1 aromatic rings. The lowest BCUT2D eigenvalue weighted by Crippen LogP contribution is -2.59. The van der Waals surface area contributed by atoms with E-state index in [-0.39, 0.29) is 5.54 Å². The molecule has 1 aliphatic carbocycles. The molecule has 1 unspecified atom stereocenters. The minimum Gasteiger partial charge on any atom is -0.302 e. The molecule has 0 aromatic carbocycles. The van der Waals surface area contributed by atoms with Crippen molar-refractivity contribution in [1.29, 1.82) is 0 Å². The number of likely N-dealkylation sites (N-methyl/N-ethyl adjacent to an activating group) is 1. The summed E-state index contributed by atoms with van der Waals surface area (Å²) < 4.78 is 0. The van der Waals surface area contributed by atoms with Gasteiger partial charge in [0, 0.05) is 16.5 Å². The van der Waals surface area contributed by atoms with Crippen LogP contribution in [0.15, 0.2) is 17.5 Å². The Morgan fingerprint density at radius 2 is 2.17 bits per heavy atom. The van der Waals surface area contributed by atoms with Crippen molar-refractivity contribution in [3.05, 3.63) is 22.4 Å². The van der Waals surface area contributed by atoms with Crippen LogP contribution in [0.1, 0.15) is 37.0 Å². The summed E-state index contributed by atoms with van der Waals surface area (Å²) in [5, 5.41) is 2.15. The van der Waals surface area contributed by atoms with Crippen LogP contribution >= 0.6 is 11.3 Å². The second kappa shape index (κ2) is 6.15. The number of nitrogens with one attached hydrogen (secondary N) is 1. The van der Waals surface area contributed by atoms with Crippen LogP contribution in [0.5, 0.6) is 0 Å². The van der Waals surface area contributed by atoms with E-state index in [9.17, 15) is 0 Å². The van der Waals surface area contributed by atoms with Crippen LogP contribution < -0.4 is 11.3 Å². The van der Waals surface area contributed by atoms with Crippen molar-refractivity contribution in [2.75, 3.05) is 14.1 Å². The van der Waals surface area contributed by atoms with Crippen molar-refractivity contribution in [2.45, 2.75) is 50.1 Å². The van der Waals surface area contributed by atoms with Crippen LogP contribution in [0.3, 0.4) is 0 Å². The van der Waals surface area contributed by atoms with Crippen molar-refractivity contribution in [3.63, 3.8) is 0 Å². The molecule has 1 aromatic heterocycles. The predicted molar refractivity (Wildman–Crippen MR) is 78.6 cm³/mol. The summed E-state index contributed by atoms with van der Waals surface area (Å²) in [4.78, 5) is 3.85. The first kappa shape index (κ1) is 14.0. The van der Waals surface area contributed by atoms with E-state index in [1.165, 1.54) is 30.6 Å². The molecule has 1 aliphatic rings. The molecule has 3 N–H and O–H groups in total. The van der Waals surface area contributed by atoms with E-state index < -0.39 is 0 Å². The number of hydrogen-bond acceptors (Lipinski definition) is 4. The van der Waals surface area contributed by atoms with E-state index in [1.807, 2.05) is 11.3 Å². The zero-order chi connectivity index (χ0) is 13.0. The lowest BCUT2D eigenvalue weighted by molar-refractivity contribution is 0.100. The van der Waals surface area contributed by atoms with Gasteiger partial charge in [0.05, 0.1) is 0 Å². The maximum absolute atomic E-state index is 5.84. The third-order valence-corrected chi connectivity index (χ3v) is 5.41. The first-order valence-electron chi connectivity index (χ1n) is 6.85. The zero-order valence-electron chi connectivity index (χ0n) is 11.5. The van der Waals surface area contributed by atoms with Gasteiger partial charge in [0.25, 0.3) is 0 Å². The predicted octanol–water partition coefficient (Wildman–Crippen LogP) is 2.39. The zero-order valence-corrected chi connectivity index (χ0v) is 12.3. The van der Waals surface area contributed by atoms with Gasteiger partial charge in [-0.1, -0.05) is 18.9 Å². The van der Waals surface area contributed by atoms with Crippen molar-refractivity contribution in [2.24, 2.45) is 5.84 Å². The van der Waals surface area contributed by atoms with Gasteiger partial charge in [-0.25, -0.2) is 0 Å². The first-order chi connectivity index (χ1) is 8.69. The summed E-state index contributed by atoms with van der Waals surface area (Å²) in [6.45, 7) is 0. The average molecular weight is 267 g/mol. The Labute approximate surface area is 114 Å². The quantitative estimate of drug-likeness (QED) is 0.614. The third kappa shape index (κ3) is 2.77. The lowest BCUT2D eigenvalue weighted by Gasteiger charge is -2.43. The number of nitrogens with zero attached hydrogens (tertiary/aromatic N) is 1. The normalized spacial score (nSPS) is 20.4. The summed E-state index contributed by atoms with van der Waals surface area (Å²) in [5.74, 6) is 5.84. The molecule has 0 spiro atoms. The minimum atomic E-state index is 0.256. The number of hydrazine groups is 1. The second-order valence-electron chi connectivity index (χ2n) is 5.54. The van der Waals surface area contributed by atoms with Gasteiger partial charge in [0.15, 0.2) is 0 Å². The molecule has 4 heteroatoms. The average Bonchev–Trinajstić information content (AvgIpc) is 3.00. The van der Waals surface area contributed by atoms with Crippen molar-refractivity contribution in [1.82, 2.24) is 10.3 Å². The van der Waals surface area contributed by atoms with Gasteiger partial charge in [0.1, 0.15) is 0 Å². The molecule has 1 saturated carbocycles. The van der Waals surface area contributed by atoms with Crippen molar-refractivity contribution in [3.8, 4) is 0 Å². The van der Waals surface area contributed by atoms with Gasteiger partial charge in [-0.15, -0.1) is 11.3 Å². The third-order valence-electron chi connectivity index (χ3n) is 4.47. The molecule has 0 aliphatic heterocycles. The van der Waals surface area contributed by atoms with Crippen LogP contribution in [-0.2, 0) is 6.42 Å². The maximum Gasteiger partial charge on any atom is 0.0398 e. The van der Waals surface area contributed by atoms with E-state index in [0.717, 1.165) is 12.8 Å². The van der Waals surface area contributed by atoms with Crippen molar-refractivity contribution < 1.29 is 0 Å². The van der Waals surface area contributed by atoms with Gasteiger partial charge in [-0.05, 0) is 51.2 Å². The monoisotopic (exact) mass is 267 g/mol. The topological polar surface area (TPSA) is 41.3 Å². The van der Waals surface area contributed by atoms with E-state index >= 15 is 0 Å². The van der Waals surface area contributed by atoms with Crippen molar-refractivity contribution >= 4 is 11.3 Å². The van der Waals surface area contributed by atoms with Crippen LogP contribution in [0.4, 0.5) is 0 Å². The molecular formula is C14H25N3S. The fraction of sp³-hybridized carbons (Fsp3) is 0.714. The smallest absolute Gasteiger partial charge is 0.0398 e. The molecular weight excluding hydrogens is 242 g/mol. The molecule has 1 fully saturated rings. The van der Waals surface area contributed by atoms with E-state index in [2.05, 4.69) is 41.9 Å². The largest absolute Gasteiger partial charge is 0.302 e. The highest BCUT2D eigenvalue weighted by Crippen LogP contribution is 2.38. The van der Waals surface area contributed by atoms with Crippen LogP contribution in [0.2, 0.25) is 0 Å². The van der Waals surface area contributed by atoms with Crippen LogP contribution in [0, 0.1) is 0 Å². The molecule has 0 saturated heterocycles. The number of thiophene rings is 1. The fourth-order valence-electron chi connectivity index (χ4n) is 3.34. The highest BCUT2D eigenvalue weighted by Gasteiger charge is 2.42. The summed E-state index contributed by atoms with van der Waals surface area (Å²) in [6.07, 6.45) is 7.43. The number of hydrogen-bond donors (Lipinski definition) is 2. The molecule has 1 atom stereocenters. The van der Waals surface area contributed by atoms with Crippen LogP contribution in [0.25, 0.3) is 0 Å². The molecule has 1 heterocycles. The SMILES string of the molecule is CN(C)C1(C(CCc2cccs2)NN)CCCC1. The van der Waals surface area contributed by atoms with Crippen LogP contribution in [-0.4, -0.2) is 30.6 Å². The Kier molecular flexibility index (Phi) is 4.78. The Bertz CT molecular complexity index is 342. The number of rotatable bonds is 6. The summed E-state index contributed by atoms with van der Waals surface area (Å²) in [6, 6.07) is 4.73. The molecule has 0 radical (unpaired) electrons. The first-order valence-corrected chi connectivity index (χ1v) is 7.73. The Hall–Kier alpha value is -0.420. The highest BCUT2D eigenvalue weighted by atomic mass is 32.1. The molecule has 0 amide bonds. The van der Waals surface area contributed by atoms with Gasteiger partial charge in [-0.3, -0.25) is 11.3 Å². The highest BCUT2D eigenvalue weighted by molar-refractivity contribution is 7.09. The fourth-order valence-corrected chi connectivity index (χ4v) is 4.07. The molecule has 18 heavy (non-hydrogen) atoms. The summed E-state index contributed by atoms with van der Waals surface area (Å²) >= 11 is 1.84. The maximum atomic E-state index is 5.84. The van der Waals surface area contributed by atoms with E-state index in [1.54, 1.807) is 0 Å². The minimum absolute atomic E-state index is 0.256. The lowest BCUT2D eigenvalue weighted by atomic mass is 9.84. The molecule has 3 nitrogen and oxygen atoms in total. The number of nitrogens with two attached hydrogens (primary N) is 1. The Morgan fingerprint density at radius 3 is 2.67 bits per heavy atom. The van der Waals surface area contributed by atoms with Gasteiger partial charge in [-0.2, -0.15) is 0 Å². The molecule has 0 bridgehead atoms. The standard InChI is InChI=1S/C14H25N3S/c1-17(2)14(9-3-4-10-14)13(16-15)8-7-12-6-5-11-18-12/h5-6,11,13,16H,3-4,7-10,15H2,1-2H3. The Morgan fingerprint density at radius 1 is 1.44 bits per heavy atom. The van der Waals surface area contributed by atoms with E-state index in [0.29, 0.717) is 6.04 Å². The Balaban J connectivity index is 2.02. The van der Waals surface area contributed by atoms with Gasteiger partial charge >= 0.3 is 0 Å². The van der Waals surface area contributed by atoms with Gasteiger partial charge in [0.2, 0.25) is 0 Å². The molecule has 102 valence electrons. The summed E-state index contributed by atoms with van der Waals surface area (Å²) in [5.41, 5.74) is 3.35. The van der Waals surface area contributed by atoms with Gasteiger partial charge < -0.3 is 4.90 Å². The summed E-state index contributed by atoms with van der Waals surface area (Å²) in [7, 11) is 4.39. The molecule has 2 rings (SSSR count). The number of aryl methyl sites for hydroxylation is 1.